The van der Waals surface area contributed by atoms with Crippen LogP contribution < -0.4 is 10.6 Å². The molecule has 1 aromatic carbocycles. The normalized spacial score (nSPS) is 18.7. The Morgan fingerprint density at radius 2 is 2.18 bits per heavy atom. The van der Waals surface area contributed by atoms with Crippen molar-refractivity contribution < 1.29 is 9.59 Å². The number of nitrogens with one attached hydrogen (secondary N) is 2. The van der Waals surface area contributed by atoms with Crippen molar-refractivity contribution in [3.05, 3.63) is 29.8 Å². The Morgan fingerprint density at radius 1 is 1.36 bits per heavy atom. The molecule has 0 saturated carbocycles. The number of anilines is 1. The van der Waals surface area contributed by atoms with Gasteiger partial charge >= 0.3 is 6.03 Å². The molecule has 0 radical (unpaired) electrons. The van der Waals surface area contributed by atoms with Crippen molar-refractivity contribution in [3.8, 4) is 0 Å². The molecule has 5 nitrogen and oxygen atoms in total. The quantitative estimate of drug-likeness (QED) is 0.822. The average Bonchev–Trinajstić information content (AvgIpc) is 2.53. The van der Waals surface area contributed by atoms with E-state index in [4.69, 9.17) is 0 Å². The van der Waals surface area contributed by atoms with Crippen molar-refractivity contribution in [2.24, 2.45) is 5.92 Å². The third-order valence-electron chi connectivity index (χ3n) is 4.13. The number of amides is 2. The number of hydrogen-bond donors (Lipinski definition) is 2. The van der Waals surface area contributed by atoms with Gasteiger partial charge in [0.2, 0.25) is 0 Å². The molecule has 1 heterocycles. The van der Waals surface area contributed by atoms with Crippen LogP contribution in [0.2, 0.25) is 0 Å². The van der Waals surface area contributed by atoms with Crippen LogP contribution in [-0.2, 0) is 0 Å². The predicted molar refractivity (Wildman–Crippen MR) is 88.3 cm³/mol. The fourth-order valence-electron chi connectivity index (χ4n) is 2.83. The van der Waals surface area contributed by atoms with Gasteiger partial charge in [-0.25, -0.2) is 4.79 Å². The third-order valence-corrected chi connectivity index (χ3v) is 4.13. The summed E-state index contributed by atoms with van der Waals surface area (Å²) in [7, 11) is 0. The molecule has 2 amide bonds. The van der Waals surface area contributed by atoms with Crippen LogP contribution in [0.5, 0.6) is 0 Å². The predicted octanol–water partition coefficient (Wildman–Crippen LogP) is 2.74. The van der Waals surface area contributed by atoms with E-state index in [1.54, 1.807) is 24.3 Å². The van der Waals surface area contributed by atoms with E-state index < -0.39 is 0 Å². The van der Waals surface area contributed by atoms with E-state index >= 15 is 0 Å². The molecule has 22 heavy (non-hydrogen) atoms. The standard InChI is InChI=1S/C17H25N3O2/c1-3-20-9-5-6-14(12-20)11-18-17(22)19-16-8-4-7-15(10-16)13(2)21/h4,7-8,10,14H,3,5-6,9,11-12H2,1-2H3,(H2,18,19,22)/t14-/m1/s1. The van der Waals surface area contributed by atoms with Gasteiger partial charge in [-0.05, 0) is 50.9 Å². The van der Waals surface area contributed by atoms with Crippen LogP contribution in [0.25, 0.3) is 0 Å². The van der Waals surface area contributed by atoms with Gasteiger partial charge in [-0.15, -0.1) is 0 Å². The summed E-state index contributed by atoms with van der Waals surface area (Å²) >= 11 is 0. The SMILES string of the molecule is CCN1CCC[C@H](CNC(=O)Nc2cccc(C(C)=O)c2)C1. The maximum Gasteiger partial charge on any atom is 0.319 e. The second-order valence-corrected chi connectivity index (χ2v) is 5.87. The van der Waals surface area contributed by atoms with Crippen LogP contribution in [0.4, 0.5) is 10.5 Å². The Kier molecular flexibility index (Phi) is 5.95. The number of nitrogens with zero attached hydrogens (tertiary/aromatic N) is 1. The van der Waals surface area contributed by atoms with Gasteiger partial charge in [0.1, 0.15) is 0 Å². The third kappa shape index (κ3) is 4.84. The first-order valence-corrected chi connectivity index (χ1v) is 7.96. The van der Waals surface area contributed by atoms with Gasteiger partial charge in [-0.2, -0.15) is 0 Å². The van der Waals surface area contributed by atoms with Crippen LogP contribution in [-0.4, -0.2) is 42.9 Å². The fourth-order valence-corrected chi connectivity index (χ4v) is 2.83. The molecular formula is C17H25N3O2. The average molecular weight is 303 g/mol. The Bertz CT molecular complexity index is 530. The molecule has 1 aliphatic rings. The zero-order valence-corrected chi connectivity index (χ0v) is 13.4. The van der Waals surface area contributed by atoms with Crippen LogP contribution >= 0.6 is 0 Å². The van der Waals surface area contributed by atoms with E-state index in [9.17, 15) is 9.59 Å². The highest BCUT2D eigenvalue weighted by atomic mass is 16.2. The van der Waals surface area contributed by atoms with E-state index in [0.717, 1.165) is 26.1 Å². The number of carbonyl (C=O) groups is 2. The topological polar surface area (TPSA) is 61.4 Å². The number of likely N-dealkylation sites (tertiary alicyclic amines) is 1. The van der Waals surface area contributed by atoms with Crippen LogP contribution in [0.15, 0.2) is 24.3 Å². The smallest absolute Gasteiger partial charge is 0.319 e. The molecule has 1 fully saturated rings. The molecule has 2 rings (SSSR count). The molecule has 1 aromatic rings. The highest BCUT2D eigenvalue weighted by molar-refractivity contribution is 5.96. The first-order valence-electron chi connectivity index (χ1n) is 7.96. The monoisotopic (exact) mass is 303 g/mol. The van der Waals surface area contributed by atoms with Crippen LogP contribution in [0.3, 0.4) is 0 Å². The molecule has 1 saturated heterocycles. The Balaban J connectivity index is 1.80. The second-order valence-electron chi connectivity index (χ2n) is 5.87. The summed E-state index contributed by atoms with van der Waals surface area (Å²) in [5.41, 5.74) is 1.24. The Hall–Kier alpha value is -1.88. The summed E-state index contributed by atoms with van der Waals surface area (Å²) in [6.45, 7) is 7.66. The highest BCUT2D eigenvalue weighted by Crippen LogP contribution is 2.15. The minimum atomic E-state index is -0.214. The maximum atomic E-state index is 12.0. The van der Waals surface area contributed by atoms with E-state index in [2.05, 4.69) is 22.5 Å². The molecule has 0 aromatic heterocycles. The fraction of sp³-hybridized carbons (Fsp3) is 0.529. The van der Waals surface area contributed by atoms with Crippen molar-refractivity contribution in [3.63, 3.8) is 0 Å². The van der Waals surface area contributed by atoms with Crippen molar-refractivity contribution in [2.45, 2.75) is 26.7 Å². The molecule has 0 unspecified atom stereocenters. The first kappa shape index (κ1) is 16.5. The second kappa shape index (κ2) is 7.94. The summed E-state index contributed by atoms with van der Waals surface area (Å²) < 4.78 is 0. The molecule has 2 N–H and O–H groups in total. The number of hydrogen-bond acceptors (Lipinski definition) is 3. The largest absolute Gasteiger partial charge is 0.338 e. The number of benzene rings is 1. The van der Waals surface area contributed by atoms with E-state index in [1.165, 1.54) is 13.3 Å². The zero-order valence-electron chi connectivity index (χ0n) is 13.4. The molecular weight excluding hydrogens is 278 g/mol. The molecule has 0 spiro atoms. The molecule has 1 aliphatic heterocycles. The van der Waals surface area contributed by atoms with Gasteiger partial charge in [0.25, 0.3) is 0 Å². The lowest BCUT2D eigenvalue weighted by Gasteiger charge is -2.31. The molecule has 5 heteroatoms. The van der Waals surface area contributed by atoms with Crippen LogP contribution in [0.1, 0.15) is 37.0 Å². The first-order chi connectivity index (χ1) is 10.6. The molecule has 0 aliphatic carbocycles. The number of Topliss-reactive ketones (excluding diaryl/α,β-unsaturated/α-hetero) is 1. The number of urea groups is 1. The lowest BCUT2D eigenvalue weighted by atomic mass is 9.98. The van der Waals surface area contributed by atoms with Gasteiger partial charge < -0.3 is 15.5 Å². The van der Waals surface area contributed by atoms with E-state index in [0.29, 0.717) is 23.7 Å². The minimum Gasteiger partial charge on any atom is -0.338 e. The van der Waals surface area contributed by atoms with Gasteiger partial charge in [0.05, 0.1) is 0 Å². The Morgan fingerprint density at radius 3 is 2.91 bits per heavy atom. The molecule has 1 atom stereocenters. The zero-order chi connectivity index (χ0) is 15.9. The summed E-state index contributed by atoms with van der Waals surface area (Å²) in [5.74, 6) is 0.508. The van der Waals surface area contributed by atoms with Crippen molar-refractivity contribution in [1.82, 2.24) is 10.2 Å². The summed E-state index contributed by atoms with van der Waals surface area (Å²) in [5, 5.41) is 5.72. The lowest BCUT2D eigenvalue weighted by Crippen LogP contribution is -2.41. The van der Waals surface area contributed by atoms with E-state index in [1.807, 2.05) is 0 Å². The highest BCUT2D eigenvalue weighted by Gasteiger charge is 2.19. The number of rotatable bonds is 5. The molecule has 0 bridgehead atoms. The van der Waals surface area contributed by atoms with Gasteiger partial charge in [0, 0.05) is 24.3 Å². The maximum absolute atomic E-state index is 12.0. The van der Waals surface area contributed by atoms with E-state index in [-0.39, 0.29) is 11.8 Å². The van der Waals surface area contributed by atoms with Crippen LogP contribution in [0, 0.1) is 5.92 Å². The van der Waals surface area contributed by atoms with Crippen molar-refractivity contribution in [1.29, 1.82) is 0 Å². The van der Waals surface area contributed by atoms with Gasteiger partial charge in [0.15, 0.2) is 5.78 Å². The number of ketones is 1. The number of carbonyl (C=O) groups excluding carboxylic acids is 2. The van der Waals surface area contributed by atoms with Crippen molar-refractivity contribution >= 4 is 17.5 Å². The Labute approximate surface area is 132 Å². The minimum absolute atomic E-state index is 0.00841. The summed E-state index contributed by atoms with van der Waals surface area (Å²) in [6.07, 6.45) is 2.36. The summed E-state index contributed by atoms with van der Waals surface area (Å²) in [4.78, 5) is 25.7. The number of piperidine rings is 1. The summed E-state index contributed by atoms with van der Waals surface area (Å²) in [6, 6.07) is 6.78. The van der Waals surface area contributed by atoms with Gasteiger partial charge in [-0.1, -0.05) is 19.1 Å². The molecule has 120 valence electrons. The lowest BCUT2D eigenvalue weighted by molar-refractivity contribution is 0.101. The van der Waals surface area contributed by atoms with Crippen molar-refractivity contribution in [2.75, 3.05) is 31.5 Å². The van der Waals surface area contributed by atoms with Gasteiger partial charge in [-0.3, -0.25) is 4.79 Å².